The molecule has 0 bridgehead atoms. The average Bonchev–Trinajstić information content (AvgIpc) is 3.41. The second kappa shape index (κ2) is 9.43. The summed E-state index contributed by atoms with van der Waals surface area (Å²) in [6.07, 6.45) is 2.94. The second-order valence-corrected chi connectivity index (χ2v) is 11.2. The highest BCUT2D eigenvalue weighted by Gasteiger charge is 2.22. The number of carbonyl (C=O) groups excluding carboxylic acids is 1. The number of aromatic nitrogens is 1. The zero-order valence-corrected chi connectivity index (χ0v) is 19.5. The molecule has 4 aromatic rings. The van der Waals surface area contributed by atoms with Gasteiger partial charge in [-0.25, -0.2) is 17.8 Å². The van der Waals surface area contributed by atoms with Crippen molar-refractivity contribution in [3.05, 3.63) is 72.4 Å². The largest absolute Gasteiger partial charge is 0.467 e. The lowest BCUT2D eigenvalue weighted by molar-refractivity contribution is -0.118. The SMILES string of the molecule is CS(=O)(=O)c1ccc2nc(N(Cc3ccco3)C(=O)CCSc3ccc(F)cc3)sc2c1. The van der Waals surface area contributed by atoms with Crippen molar-refractivity contribution in [1.82, 2.24) is 4.98 Å². The lowest BCUT2D eigenvalue weighted by atomic mass is 10.3. The molecule has 0 aliphatic rings. The summed E-state index contributed by atoms with van der Waals surface area (Å²) in [7, 11) is -3.35. The number of nitrogens with zero attached hydrogens (tertiary/aromatic N) is 2. The maximum atomic E-state index is 13.1. The van der Waals surface area contributed by atoms with Crippen LogP contribution < -0.4 is 4.90 Å². The summed E-state index contributed by atoms with van der Waals surface area (Å²) in [5, 5.41) is 0.471. The minimum Gasteiger partial charge on any atom is -0.467 e. The molecule has 2 heterocycles. The first-order valence-electron chi connectivity index (χ1n) is 9.61. The van der Waals surface area contributed by atoms with E-state index in [0.29, 0.717) is 26.9 Å². The Morgan fingerprint density at radius 1 is 1.19 bits per heavy atom. The van der Waals surface area contributed by atoms with Gasteiger partial charge < -0.3 is 4.42 Å². The van der Waals surface area contributed by atoms with Crippen molar-refractivity contribution >= 4 is 54.2 Å². The first-order chi connectivity index (χ1) is 15.3. The van der Waals surface area contributed by atoms with Crippen LogP contribution in [0.15, 0.2) is 75.1 Å². The van der Waals surface area contributed by atoms with Crippen molar-refractivity contribution < 1.29 is 22.0 Å². The molecule has 0 saturated heterocycles. The summed E-state index contributed by atoms with van der Waals surface area (Å²) in [4.78, 5) is 20.3. The number of halogens is 1. The van der Waals surface area contributed by atoms with Crippen molar-refractivity contribution in [3.63, 3.8) is 0 Å². The molecule has 10 heteroatoms. The van der Waals surface area contributed by atoms with Crippen LogP contribution in [-0.4, -0.2) is 31.3 Å². The Morgan fingerprint density at radius 2 is 1.97 bits per heavy atom. The smallest absolute Gasteiger partial charge is 0.230 e. The van der Waals surface area contributed by atoms with Crippen LogP contribution in [0.5, 0.6) is 0 Å². The Kier molecular flexibility index (Phi) is 6.63. The number of hydrogen-bond donors (Lipinski definition) is 0. The Balaban J connectivity index is 1.55. The normalized spacial score (nSPS) is 11.7. The van der Waals surface area contributed by atoms with Crippen LogP contribution >= 0.6 is 23.1 Å². The average molecular weight is 491 g/mol. The fraction of sp³-hybridized carbons (Fsp3) is 0.182. The number of thioether (sulfide) groups is 1. The third kappa shape index (κ3) is 5.37. The fourth-order valence-corrected chi connectivity index (χ4v) is 5.57. The number of sulfone groups is 1. The van der Waals surface area contributed by atoms with Crippen LogP contribution in [-0.2, 0) is 21.2 Å². The van der Waals surface area contributed by atoms with Crippen molar-refractivity contribution in [2.24, 2.45) is 0 Å². The van der Waals surface area contributed by atoms with Crippen molar-refractivity contribution in [2.45, 2.75) is 22.8 Å². The lowest BCUT2D eigenvalue weighted by Gasteiger charge is -2.18. The maximum absolute atomic E-state index is 13.1. The van der Waals surface area contributed by atoms with E-state index in [-0.39, 0.29) is 29.6 Å². The van der Waals surface area contributed by atoms with E-state index in [9.17, 15) is 17.6 Å². The molecule has 1 amide bonds. The molecule has 0 unspecified atom stereocenters. The van der Waals surface area contributed by atoms with Crippen LogP contribution in [0.1, 0.15) is 12.2 Å². The number of fused-ring (bicyclic) bond motifs is 1. The van der Waals surface area contributed by atoms with Gasteiger partial charge in [0.15, 0.2) is 15.0 Å². The summed E-state index contributed by atoms with van der Waals surface area (Å²) < 4.78 is 42.9. The molecule has 0 fully saturated rings. The highest BCUT2D eigenvalue weighted by Crippen LogP contribution is 2.32. The predicted octanol–water partition coefficient (Wildman–Crippen LogP) is 5.15. The van der Waals surface area contributed by atoms with Crippen LogP contribution in [0, 0.1) is 5.82 Å². The number of benzene rings is 2. The summed E-state index contributed by atoms with van der Waals surface area (Å²) in [5.74, 6) is 0.686. The number of rotatable bonds is 8. The van der Waals surface area contributed by atoms with Crippen molar-refractivity contribution in [3.8, 4) is 0 Å². The van der Waals surface area contributed by atoms with Gasteiger partial charge in [0.25, 0.3) is 0 Å². The monoisotopic (exact) mass is 490 g/mol. The molecule has 0 N–H and O–H groups in total. The van der Waals surface area contributed by atoms with Gasteiger partial charge >= 0.3 is 0 Å². The van der Waals surface area contributed by atoms with E-state index in [1.807, 2.05) is 0 Å². The van der Waals surface area contributed by atoms with Crippen molar-refractivity contribution in [2.75, 3.05) is 16.9 Å². The van der Waals surface area contributed by atoms with Gasteiger partial charge in [-0.1, -0.05) is 11.3 Å². The van der Waals surface area contributed by atoms with Gasteiger partial charge in [0, 0.05) is 23.3 Å². The Labute approximate surface area is 193 Å². The zero-order valence-electron chi connectivity index (χ0n) is 17.0. The van der Waals surface area contributed by atoms with Gasteiger partial charge in [-0.15, -0.1) is 11.8 Å². The summed E-state index contributed by atoms with van der Waals surface area (Å²) in [6.45, 7) is 0.214. The molecular formula is C22H19FN2O4S3. The standard InChI is InChI=1S/C22H19FN2O4S3/c1-32(27,28)18-8-9-19-20(13-18)31-22(24-19)25(14-16-3-2-11-29-16)21(26)10-12-30-17-6-4-15(23)5-7-17/h2-9,11,13H,10,12,14H2,1H3. The van der Waals surface area contributed by atoms with Crippen LogP contribution in [0.3, 0.4) is 0 Å². The Bertz CT molecular complexity index is 1330. The van der Waals surface area contributed by atoms with E-state index in [2.05, 4.69) is 4.98 Å². The van der Waals surface area contributed by atoms with E-state index < -0.39 is 9.84 Å². The fourth-order valence-electron chi connectivity index (χ4n) is 2.98. The Morgan fingerprint density at radius 3 is 2.66 bits per heavy atom. The molecule has 0 saturated carbocycles. The number of hydrogen-bond acceptors (Lipinski definition) is 7. The lowest BCUT2D eigenvalue weighted by Crippen LogP contribution is -2.30. The third-order valence-electron chi connectivity index (χ3n) is 4.60. The molecule has 2 aromatic heterocycles. The first-order valence-corrected chi connectivity index (χ1v) is 13.3. The highest BCUT2D eigenvalue weighted by molar-refractivity contribution is 7.99. The quantitative estimate of drug-likeness (QED) is 0.318. The molecule has 2 aromatic carbocycles. The summed E-state index contributed by atoms with van der Waals surface area (Å²) >= 11 is 2.72. The summed E-state index contributed by atoms with van der Waals surface area (Å²) in [6, 6.07) is 14.4. The molecule has 0 aliphatic carbocycles. The van der Waals surface area contributed by atoms with Crippen LogP contribution in [0.4, 0.5) is 9.52 Å². The van der Waals surface area contributed by atoms with Crippen LogP contribution in [0.2, 0.25) is 0 Å². The number of carbonyl (C=O) groups is 1. The molecule has 166 valence electrons. The van der Waals surface area contributed by atoms with E-state index in [1.165, 1.54) is 41.3 Å². The number of thiazole rings is 1. The number of amides is 1. The molecule has 0 radical (unpaired) electrons. The number of anilines is 1. The zero-order chi connectivity index (χ0) is 22.7. The number of furan rings is 1. The summed E-state index contributed by atoms with van der Waals surface area (Å²) in [5.41, 5.74) is 0.621. The third-order valence-corrected chi connectivity index (χ3v) is 7.77. The molecule has 0 atom stereocenters. The van der Waals surface area contributed by atoms with Gasteiger partial charge in [0.1, 0.15) is 11.6 Å². The molecule has 0 aliphatic heterocycles. The Hall–Kier alpha value is -2.69. The second-order valence-electron chi connectivity index (χ2n) is 7.01. The minimum absolute atomic E-state index is 0.140. The van der Waals surface area contributed by atoms with E-state index in [0.717, 1.165) is 11.2 Å². The van der Waals surface area contributed by atoms with Gasteiger partial charge in [0.05, 0.1) is 27.9 Å². The molecular weight excluding hydrogens is 471 g/mol. The van der Waals surface area contributed by atoms with Gasteiger partial charge in [-0.05, 0) is 54.6 Å². The van der Waals surface area contributed by atoms with Gasteiger partial charge in [-0.3, -0.25) is 9.69 Å². The predicted molar refractivity (Wildman–Crippen MR) is 124 cm³/mol. The molecule has 0 spiro atoms. The molecule has 32 heavy (non-hydrogen) atoms. The van der Waals surface area contributed by atoms with E-state index in [1.54, 1.807) is 47.6 Å². The van der Waals surface area contributed by atoms with Crippen molar-refractivity contribution in [1.29, 1.82) is 0 Å². The van der Waals surface area contributed by atoms with E-state index in [4.69, 9.17) is 4.42 Å². The highest BCUT2D eigenvalue weighted by atomic mass is 32.2. The first kappa shape index (κ1) is 22.5. The van der Waals surface area contributed by atoms with Crippen LogP contribution in [0.25, 0.3) is 10.2 Å². The molecule has 6 nitrogen and oxygen atoms in total. The minimum atomic E-state index is -3.35. The molecule has 4 rings (SSSR count). The topological polar surface area (TPSA) is 80.5 Å². The maximum Gasteiger partial charge on any atom is 0.230 e. The van der Waals surface area contributed by atoms with Gasteiger partial charge in [0.2, 0.25) is 5.91 Å². The van der Waals surface area contributed by atoms with Gasteiger partial charge in [-0.2, -0.15) is 0 Å². The van der Waals surface area contributed by atoms with E-state index >= 15 is 0 Å².